The van der Waals surface area contributed by atoms with Crippen molar-refractivity contribution in [2.24, 2.45) is 23.3 Å². The van der Waals surface area contributed by atoms with Gasteiger partial charge in [-0.25, -0.2) is 0 Å². The van der Waals surface area contributed by atoms with Gasteiger partial charge in [-0.3, -0.25) is 76.7 Å². The fourth-order valence-electron chi connectivity index (χ4n) is 16.6. The summed E-state index contributed by atoms with van der Waals surface area (Å²) >= 11 is 0.846. The van der Waals surface area contributed by atoms with Gasteiger partial charge in [0.2, 0.25) is 88.6 Å². The summed E-state index contributed by atoms with van der Waals surface area (Å²) in [5, 5.41) is 46.1. The molecule has 0 radical (unpaired) electrons. The van der Waals surface area contributed by atoms with Crippen LogP contribution in [0.5, 0.6) is 5.75 Å². The van der Waals surface area contributed by atoms with E-state index in [1.54, 1.807) is 143 Å². The fourth-order valence-corrected chi connectivity index (χ4v) is 17.4. The molecular weight excluding hydrogens is 1690 g/mol. The first-order chi connectivity index (χ1) is 62.1. The average Bonchev–Trinajstić information content (AvgIpc) is 1.74. The van der Waals surface area contributed by atoms with Gasteiger partial charge in [-0.2, -0.15) is 0 Å². The Morgan fingerprint density at radius 1 is 0.492 bits per heavy atom. The van der Waals surface area contributed by atoms with E-state index in [4.69, 9.17) is 11.5 Å². The van der Waals surface area contributed by atoms with E-state index < -0.39 is 198 Å². The Labute approximate surface area is 761 Å². The van der Waals surface area contributed by atoms with E-state index in [1.807, 2.05) is 13.0 Å². The second-order valence-corrected chi connectivity index (χ2v) is 35.4. The summed E-state index contributed by atoms with van der Waals surface area (Å²) in [7, 11) is 4.14. The first-order valence-electron chi connectivity index (χ1n) is 44.5. The van der Waals surface area contributed by atoms with Gasteiger partial charge in [0.15, 0.2) is 0 Å². The number of carbonyl (C=O) groups excluding carboxylic acids is 15. The van der Waals surface area contributed by atoms with Crippen LogP contribution in [0, 0.1) is 11.8 Å². The molecule has 0 unspecified atom stereocenters. The number of carboxylic acids is 1. The second kappa shape index (κ2) is 49.2. The lowest BCUT2D eigenvalue weighted by molar-refractivity contribution is -0.152. The van der Waals surface area contributed by atoms with Crippen molar-refractivity contribution in [3.05, 3.63) is 174 Å². The SMILES string of the molecule is CCCC[C@H]1C(=O)N2CCC[C@@H]2C(=O)N[C@@H](CC(=O)O)C(=O)N[C@@H](C(C)C)C(=O)N(C)[C@@H](Cc2ccccc2)C(=O)N[C@@H](CCCCN)C(=O)N2CCC[C@@H]2C(=O)N[C@@H](Cc2c[nH]c3ccccc23)C(=O)N[C@@H](Cc2ccc(O)cc2)C(=O)N[C@@H](CC(C)C)C(=O)N[C@H](C(=O)NCC(N)=O)CSCC(=O)N[C@@H](Cc2ccccc2)C(=O)N(C)[C@@H](Cc2ccccc2)C(=O)N1C. The summed E-state index contributed by atoms with van der Waals surface area (Å²) in [6.07, 6.45) is 2.05. The molecule has 4 heterocycles. The first kappa shape index (κ1) is 101. The summed E-state index contributed by atoms with van der Waals surface area (Å²) in [6.45, 7) is 8.12. The molecule has 3 aliphatic heterocycles. The minimum Gasteiger partial charge on any atom is -0.508 e. The minimum atomic E-state index is -1.87. The van der Waals surface area contributed by atoms with Gasteiger partial charge >= 0.3 is 5.97 Å². The number of para-hydroxylation sites is 1. The largest absolute Gasteiger partial charge is 0.508 e. The van der Waals surface area contributed by atoms with Crippen molar-refractivity contribution < 1.29 is 86.9 Å². The van der Waals surface area contributed by atoms with E-state index in [9.17, 15) is 39.0 Å². The third-order valence-corrected chi connectivity index (χ3v) is 24.8. The van der Waals surface area contributed by atoms with Crippen LogP contribution >= 0.6 is 11.8 Å². The van der Waals surface area contributed by atoms with Crippen LogP contribution in [0.1, 0.15) is 139 Å². The van der Waals surface area contributed by atoms with Crippen LogP contribution in [0.15, 0.2) is 146 Å². The number of aromatic amines is 1. The Morgan fingerprint density at radius 2 is 0.992 bits per heavy atom. The van der Waals surface area contributed by atoms with Crippen molar-refractivity contribution in [2.45, 2.75) is 222 Å². The second-order valence-electron chi connectivity index (χ2n) is 34.3. The van der Waals surface area contributed by atoms with Crippen LogP contribution in [0.4, 0.5) is 0 Å². The zero-order valence-corrected chi connectivity index (χ0v) is 75.8. The molecule has 130 heavy (non-hydrogen) atoms. The molecule has 16 N–H and O–H groups in total. The molecule has 0 spiro atoms. The van der Waals surface area contributed by atoms with Gasteiger partial charge in [-0.15, -0.1) is 11.8 Å². The number of amides is 15. The van der Waals surface area contributed by atoms with Crippen molar-refractivity contribution in [2.75, 3.05) is 58.8 Å². The third-order valence-electron chi connectivity index (χ3n) is 23.8. The number of phenols is 1. The van der Waals surface area contributed by atoms with Crippen LogP contribution in [0.3, 0.4) is 0 Å². The van der Waals surface area contributed by atoms with Gasteiger partial charge in [0.1, 0.15) is 84.3 Å². The lowest BCUT2D eigenvalue weighted by atomic mass is 9.98. The lowest BCUT2D eigenvalue weighted by Crippen LogP contribution is -2.62. The molecule has 36 heteroatoms. The van der Waals surface area contributed by atoms with Crippen molar-refractivity contribution in [1.29, 1.82) is 0 Å². The average molecular weight is 1810 g/mol. The monoisotopic (exact) mass is 1810 g/mol. The normalized spacial score (nSPS) is 23.9. The predicted molar refractivity (Wildman–Crippen MR) is 487 cm³/mol. The van der Waals surface area contributed by atoms with Crippen LogP contribution in [0.2, 0.25) is 0 Å². The van der Waals surface area contributed by atoms with Crippen LogP contribution < -0.4 is 59.3 Å². The Kier molecular flexibility index (Phi) is 38.2. The number of benzene rings is 5. The molecule has 0 bridgehead atoms. The highest BCUT2D eigenvalue weighted by Crippen LogP contribution is 2.28. The van der Waals surface area contributed by atoms with Gasteiger partial charge in [0.25, 0.3) is 0 Å². The number of primary amides is 1. The molecule has 0 aliphatic carbocycles. The Bertz CT molecular complexity index is 4930. The summed E-state index contributed by atoms with van der Waals surface area (Å²) < 4.78 is 0. The quantitative estimate of drug-likeness (QED) is 0.0366. The highest BCUT2D eigenvalue weighted by atomic mass is 32.2. The number of aromatic nitrogens is 1. The number of thioether (sulfide) groups is 1. The fraction of sp³-hybridized carbons (Fsp3) is 0.489. The minimum absolute atomic E-state index is 0.00304. The molecular formula is C94H125N17O18S. The highest BCUT2D eigenvalue weighted by Gasteiger charge is 2.46. The molecule has 700 valence electrons. The number of aromatic hydroxyl groups is 1. The number of phenolic OH excluding ortho intramolecular Hbond substituents is 1. The van der Waals surface area contributed by atoms with Gasteiger partial charge in [-0.05, 0) is 122 Å². The third kappa shape index (κ3) is 28.6. The first-order valence-corrected chi connectivity index (χ1v) is 45.6. The molecule has 3 fully saturated rings. The zero-order chi connectivity index (χ0) is 94.4. The molecule has 3 aliphatic rings. The zero-order valence-electron chi connectivity index (χ0n) is 75.0. The van der Waals surface area contributed by atoms with Crippen molar-refractivity contribution in [1.82, 2.24) is 77.3 Å². The van der Waals surface area contributed by atoms with E-state index >= 15 is 47.9 Å². The number of rotatable bonds is 25. The number of unbranched alkanes of at least 4 members (excludes halogenated alkanes) is 2. The standard InChI is InChI=1S/C94H125N17O18S/c1-9-10-35-75-93(128)111-44-25-37-74(111)88(123)104-70(51-80(115)116)86(121)106-81(57(4)5)94(129)108(7)76(48-59-28-16-12-17-29-59)89(124)100-66(34-22-23-42-95)91(126)110-43-24-36-73(110)87(122)103-69(50-62-52-97-65-33-21-20-32-64(62)65)85(120)102-68(46-61-38-40-63(112)41-39-61)84(119)101-67(45-56(2)3)83(118)105-72(82(117)98-53-78(96)113)54-130-55-79(114)99-71(47-58-26-14-11-15-27-58)90(125)109(8)77(92(127)107(75)6)49-60-30-18-13-19-31-60/h11-21,26-33,38-41,52,56-57,66-77,81,97,112H,9-10,22-25,34-37,42-51,53-55,95H2,1-8H3,(H2,96,113)(H,98,117)(H,99,114)(H,100,124)(H,101,119)(H,102,120)(H,103,122)(H,104,123)(H,105,118)(H,106,121)(H,115,116)/t66-,67-,68-,69-,70-,71-,72-,73+,74+,75-,76-,77-,81-/m0/s1. The maximum absolute atomic E-state index is 15.7. The highest BCUT2D eigenvalue weighted by molar-refractivity contribution is 8.00. The van der Waals surface area contributed by atoms with E-state index in [-0.39, 0.29) is 114 Å². The molecule has 35 nitrogen and oxygen atoms in total. The molecule has 5 aromatic carbocycles. The van der Waals surface area contributed by atoms with Crippen LogP contribution in [0.25, 0.3) is 10.9 Å². The number of hydrogen-bond acceptors (Lipinski definition) is 19. The van der Waals surface area contributed by atoms with Gasteiger partial charge in [0, 0.05) is 89.2 Å². The maximum atomic E-state index is 15.7. The number of likely N-dealkylation sites (N-methyl/N-ethyl adjacent to an activating group) is 3. The number of carbonyl (C=O) groups is 16. The number of hydrogen-bond donors (Lipinski definition) is 14. The molecule has 3 saturated heterocycles. The van der Waals surface area contributed by atoms with Crippen LogP contribution in [-0.4, -0.2) is 272 Å². The van der Waals surface area contributed by atoms with E-state index in [0.717, 1.165) is 16.7 Å². The van der Waals surface area contributed by atoms with E-state index in [2.05, 4.69) is 52.8 Å². The number of nitrogens with one attached hydrogen (secondary N) is 10. The summed E-state index contributed by atoms with van der Waals surface area (Å²) in [6, 6.07) is 20.1. The molecule has 15 amide bonds. The molecule has 13 atom stereocenters. The summed E-state index contributed by atoms with van der Waals surface area (Å²) in [4.78, 5) is 247. The lowest BCUT2D eigenvalue weighted by Gasteiger charge is -2.38. The number of nitrogens with two attached hydrogens (primary N) is 2. The molecule has 9 rings (SSSR count). The molecule has 6 aromatic rings. The summed E-state index contributed by atoms with van der Waals surface area (Å²) in [5.74, 6) is -16.2. The topological polar surface area (TPSA) is 506 Å². The Hall–Kier alpha value is -12.7. The number of nitrogens with zero attached hydrogens (tertiary/aromatic N) is 5. The number of fused-ring (bicyclic) bond motifs is 3. The Morgan fingerprint density at radius 3 is 1.57 bits per heavy atom. The van der Waals surface area contributed by atoms with Gasteiger partial charge in [0.05, 0.1) is 18.7 Å². The molecule has 1 aromatic heterocycles. The van der Waals surface area contributed by atoms with Gasteiger partial charge in [-0.1, -0.05) is 169 Å². The van der Waals surface area contributed by atoms with Crippen molar-refractivity contribution >= 4 is 117 Å². The maximum Gasteiger partial charge on any atom is 0.305 e. The molecule has 0 saturated carbocycles. The van der Waals surface area contributed by atoms with Crippen molar-refractivity contribution in [3.63, 3.8) is 0 Å². The van der Waals surface area contributed by atoms with E-state index in [0.29, 0.717) is 64.4 Å². The number of aliphatic carboxylic acids is 1. The smallest absolute Gasteiger partial charge is 0.305 e. The predicted octanol–water partition coefficient (Wildman–Crippen LogP) is 2.57. The number of H-pyrrole nitrogens is 1. The van der Waals surface area contributed by atoms with E-state index in [1.165, 1.54) is 65.0 Å². The Balaban J connectivity index is 1.12. The van der Waals surface area contributed by atoms with Gasteiger partial charge < -0.3 is 99.0 Å². The summed E-state index contributed by atoms with van der Waals surface area (Å²) in [5.41, 5.74) is 14.9. The number of carboxylic acid groups (broad SMARTS) is 1. The van der Waals surface area contributed by atoms with Crippen LogP contribution in [-0.2, 0) is 109 Å². The van der Waals surface area contributed by atoms with Crippen molar-refractivity contribution in [3.8, 4) is 5.75 Å².